The Morgan fingerprint density at radius 3 is 2.51 bits per heavy atom. The first-order valence-corrected chi connectivity index (χ1v) is 15.5. The predicted molar refractivity (Wildman–Crippen MR) is 163 cm³/mol. The van der Waals surface area contributed by atoms with Crippen LogP contribution in [0, 0.1) is 11.7 Å². The second kappa shape index (κ2) is 12.4. The van der Waals surface area contributed by atoms with Crippen LogP contribution in [0.2, 0.25) is 5.02 Å². The van der Waals surface area contributed by atoms with E-state index in [1.165, 1.54) is 17.7 Å². The topological polar surface area (TPSA) is 91.6 Å². The van der Waals surface area contributed by atoms with Gasteiger partial charge in [-0.2, -0.15) is 0 Å². The van der Waals surface area contributed by atoms with Gasteiger partial charge in [0.25, 0.3) is 0 Å². The highest BCUT2D eigenvalue weighted by Crippen LogP contribution is 2.43. The van der Waals surface area contributed by atoms with Crippen LogP contribution >= 0.6 is 11.6 Å². The lowest BCUT2D eigenvalue weighted by molar-refractivity contribution is -0.140. The number of piperidine rings is 1. The molecule has 0 aliphatic carbocycles. The number of aliphatic hydroxyl groups excluding tert-OH is 1. The molecule has 1 aromatic heterocycles. The number of carbonyl (C=O) groups is 2. The van der Waals surface area contributed by atoms with Crippen molar-refractivity contribution >= 4 is 23.4 Å². The molecule has 2 amide bonds. The Morgan fingerprint density at radius 1 is 1.14 bits per heavy atom. The van der Waals surface area contributed by atoms with Crippen LogP contribution in [-0.4, -0.2) is 54.3 Å². The van der Waals surface area contributed by atoms with Gasteiger partial charge in [0.1, 0.15) is 11.5 Å². The first-order valence-electron chi connectivity index (χ1n) is 15.1. The summed E-state index contributed by atoms with van der Waals surface area (Å²) < 4.78 is 16.1. The van der Waals surface area contributed by atoms with Gasteiger partial charge in [0.2, 0.25) is 11.8 Å². The average Bonchev–Trinajstić information content (AvgIpc) is 3.58. The number of hydrogen-bond donors (Lipinski definition) is 1. The summed E-state index contributed by atoms with van der Waals surface area (Å²) in [4.78, 5) is 30.9. The number of aliphatic hydroxyl groups is 1. The molecule has 2 saturated heterocycles. The summed E-state index contributed by atoms with van der Waals surface area (Å²) >= 11 is 5.95. The smallest absolute Gasteiger partial charge is 0.229 e. The third kappa shape index (κ3) is 6.48. The molecular formula is C33H41ClFN5O3. The molecule has 3 heterocycles. The van der Waals surface area contributed by atoms with Crippen LogP contribution in [0.1, 0.15) is 101 Å². The fourth-order valence-electron chi connectivity index (χ4n) is 6.43. The molecule has 230 valence electrons. The van der Waals surface area contributed by atoms with Gasteiger partial charge in [-0.05, 0) is 67.3 Å². The van der Waals surface area contributed by atoms with Crippen molar-refractivity contribution in [1.82, 2.24) is 24.8 Å². The second-order valence-electron chi connectivity index (χ2n) is 13.1. The zero-order valence-corrected chi connectivity index (χ0v) is 26.3. The van der Waals surface area contributed by atoms with Crippen molar-refractivity contribution in [3.8, 4) is 0 Å². The molecule has 0 radical (unpaired) electrons. The van der Waals surface area contributed by atoms with Crippen LogP contribution in [0.4, 0.5) is 4.39 Å². The van der Waals surface area contributed by atoms with Gasteiger partial charge < -0.3 is 14.9 Å². The number of benzene rings is 2. The third-order valence-electron chi connectivity index (χ3n) is 8.73. The van der Waals surface area contributed by atoms with E-state index in [9.17, 15) is 19.1 Å². The Labute approximate surface area is 257 Å². The van der Waals surface area contributed by atoms with Gasteiger partial charge in [-0.25, -0.2) is 9.07 Å². The molecule has 8 nitrogen and oxygen atoms in total. The number of hydrogen-bond acceptors (Lipinski definition) is 5. The lowest BCUT2D eigenvalue weighted by atomic mass is 9.86. The number of aromatic nitrogens is 3. The van der Waals surface area contributed by atoms with Crippen LogP contribution in [0.15, 0.2) is 48.7 Å². The molecular weight excluding hydrogens is 569 g/mol. The highest BCUT2D eigenvalue weighted by molar-refractivity contribution is 6.30. The molecule has 4 unspecified atom stereocenters. The molecule has 0 bridgehead atoms. The normalized spacial score (nSPS) is 22.0. The minimum Gasteiger partial charge on any atom is -0.386 e. The van der Waals surface area contributed by atoms with Gasteiger partial charge in [0.15, 0.2) is 0 Å². The van der Waals surface area contributed by atoms with Crippen molar-refractivity contribution in [3.63, 3.8) is 0 Å². The maximum Gasteiger partial charge on any atom is 0.229 e. The van der Waals surface area contributed by atoms with Crippen LogP contribution in [-0.2, 0) is 21.5 Å². The van der Waals surface area contributed by atoms with Gasteiger partial charge in [-0.15, -0.1) is 5.10 Å². The van der Waals surface area contributed by atoms with E-state index in [1.807, 2.05) is 43.0 Å². The number of nitrogens with zero attached hydrogens (tertiary/aromatic N) is 5. The van der Waals surface area contributed by atoms with Gasteiger partial charge >= 0.3 is 0 Å². The molecule has 3 aromatic rings. The van der Waals surface area contributed by atoms with Crippen molar-refractivity contribution in [1.29, 1.82) is 0 Å². The largest absolute Gasteiger partial charge is 0.386 e. The van der Waals surface area contributed by atoms with Crippen molar-refractivity contribution < 1.29 is 19.1 Å². The van der Waals surface area contributed by atoms with E-state index >= 15 is 0 Å². The van der Waals surface area contributed by atoms with Gasteiger partial charge in [-0.3, -0.25) is 9.59 Å². The highest BCUT2D eigenvalue weighted by atomic mass is 35.5. The molecule has 2 fully saturated rings. The highest BCUT2D eigenvalue weighted by Gasteiger charge is 2.48. The average molecular weight is 610 g/mol. The molecule has 2 aliphatic heterocycles. The molecule has 43 heavy (non-hydrogen) atoms. The molecule has 10 heteroatoms. The van der Waals surface area contributed by atoms with Crippen LogP contribution in [0.25, 0.3) is 0 Å². The van der Waals surface area contributed by atoms with E-state index in [-0.39, 0.29) is 47.3 Å². The fourth-order valence-corrected chi connectivity index (χ4v) is 6.55. The Balaban J connectivity index is 1.36. The van der Waals surface area contributed by atoms with Crippen LogP contribution in [0.3, 0.4) is 0 Å². The number of carbonyl (C=O) groups excluding carboxylic acids is 2. The first-order chi connectivity index (χ1) is 20.3. The quantitative estimate of drug-likeness (QED) is 0.347. The van der Waals surface area contributed by atoms with Gasteiger partial charge in [0.05, 0.1) is 41.9 Å². The Hall–Kier alpha value is -3.30. The summed E-state index contributed by atoms with van der Waals surface area (Å²) in [5.74, 6) is -1.51. The standard InChI is InChI=1S/C33H41ClFN5O3/c1-20(2)40-30(42)17-24(31(40)22-11-14-25(34)26(35)16-22)32(43)39-15-7-6-8-28(39)27-18-38(37-36-27)19-29(41)21-9-12-23(13-10-21)33(3,4)5/h9-14,16,18,20,24,28-29,31,41H,6-8,15,17,19H2,1-5H3. The molecule has 0 saturated carbocycles. The third-order valence-corrected chi connectivity index (χ3v) is 9.03. The molecule has 4 atom stereocenters. The molecule has 0 spiro atoms. The van der Waals surface area contributed by atoms with Gasteiger partial charge in [-0.1, -0.05) is 67.9 Å². The number of rotatable bonds is 7. The summed E-state index contributed by atoms with van der Waals surface area (Å²) in [7, 11) is 0. The van der Waals surface area contributed by atoms with E-state index in [0.717, 1.165) is 24.8 Å². The van der Waals surface area contributed by atoms with Crippen LogP contribution in [0.5, 0.6) is 0 Å². The summed E-state index contributed by atoms with van der Waals surface area (Å²) in [5.41, 5.74) is 3.23. The first kappa shape index (κ1) is 31.1. The Morgan fingerprint density at radius 2 is 1.86 bits per heavy atom. The van der Waals surface area contributed by atoms with E-state index in [0.29, 0.717) is 17.8 Å². The minimum absolute atomic E-state index is 0.00160. The lowest BCUT2D eigenvalue weighted by Crippen LogP contribution is -2.44. The lowest BCUT2D eigenvalue weighted by Gasteiger charge is -2.38. The van der Waals surface area contributed by atoms with Crippen molar-refractivity contribution in [2.24, 2.45) is 5.92 Å². The number of amides is 2. The van der Waals surface area contributed by atoms with E-state index < -0.39 is 23.9 Å². The van der Waals surface area contributed by atoms with Crippen molar-refractivity contribution in [3.05, 3.63) is 81.9 Å². The zero-order chi connectivity index (χ0) is 31.1. The minimum atomic E-state index is -0.764. The predicted octanol–water partition coefficient (Wildman–Crippen LogP) is 6.15. The summed E-state index contributed by atoms with van der Waals surface area (Å²) in [6.45, 7) is 11.0. The Bertz CT molecular complexity index is 1470. The van der Waals surface area contributed by atoms with E-state index in [1.54, 1.807) is 21.8 Å². The molecule has 5 rings (SSSR count). The second-order valence-corrected chi connectivity index (χ2v) is 13.5. The molecule has 1 N–H and O–H groups in total. The zero-order valence-electron chi connectivity index (χ0n) is 25.5. The van der Waals surface area contributed by atoms with Gasteiger partial charge in [0, 0.05) is 19.0 Å². The van der Waals surface area contributed by atoms with Crippen molar-refractivity contribution in [2.75, 3.05) is 6.54 Å². The summed E-state index contributed by atoms with van der Waals surface area (Å²) in [5, 5.41) is 19.6. The maximum atomic E-state index is 14.5. The van der Waals surface area contributed by atoms with Crippen molar-refractivity contribution in [2.45, 2.75) is 96.5 Å². The van der Waals surface area contributed by atoms with Crippen LogP contribution < -0.4 is 0 Å². The van der Waals surface area contributed by atoms with E-state index in [4.69, 9.17) is 11.6 Å². The number of likely N-dealkylation sites (tertiary alicyclic amines) is 2. The fraction of sp³-hybridized carbons (Fsp3) is 0.515. The molecule has 2 aliphatic rings. The van der Waals surface area contributed by atoms with E-state index in [2.05, 4.69) is 31.1 Å². The monoisotopic (exact) mass is 609 g/mol. The SMILES string of the molecule is CC(C)N1C(=O)CC(C(=O)N2CCCCC2c2cn(CC(O)c3ccc(C(C)(C)C)cc3)nn2)C1c1ccc(Cl)c(F)c1. The summed E-state index contributed by atoms with van der Waals surface area (Å²) in [6, 6.07) is 11.4. The maximum absolute atomic E-state index is 14.5. The summed E-state index contributed by atoms with van der Waals surface area (Å²) in [6.07, 6.45) is 3.58. The Kier molecular flexibility index (Phi) is 8.95. The molecule has 2 aromatic carbocycles. The number of halogens is 2.